The predicted octanol–water partition coefficient (Wildman–Crippen LogP) is 1.42. The van der Waals surface area contributed by atoms with Crippen molar-refractivity contribution in [1.29, 1.82) is 0 Å². The van der Waals surface area contributed by atoms with Gasteiger partial charge in [-0.15, -0.1) is 0 Å². The number of quaternary nitrogens is 1. The van der Waals surface area contributed by atoms with Crippen LogP contribution in [-0.4, -0.2) is 50.4 Å². The summed E-state index contributed by atoms with van der Waals surface area (Å²) in [4.78, 5) is 27.2. The van der Waals surface area contributed by atoms with Crippen LogP contribution in [0.5, 0.6) is 0 Å². The van der Waals surface area contributed by atoms with Crippen LogP contribution in [0.15, 0.2) is 24.3 Å². The molecule has 25 heavy (non-hydrogen) atoms. The average molecular weight is 344 g/mol. The Morgan fingerprint density at radius 2 is 1.76 bits per heavy atom. The van der Waals surface area contributed by atoms with Crippen LogP contribution in [0.25, 0.3) is 0 Å². The number of nitrogens with zero attached hydrogens (tertiary/aromatic N) is 1. The molecule has 1 unspecified atom stereocenters. The van der Waals surface area contributed by atoms with Gasteiger partial charge in [-0.1, -0.05) is 12.8 Å². The van der Waals surface area contributed by atoms with Gasteiger partial charge < -0.3 is 15.1 Å². The fourth-order valence-corrected chi connectivity index (χ4v) is 4.34. The average Bonchev–Trinajstić information content (AvgIpc) is 2.61. The molecule has 5 nitrogen and oxygen atoms in total. The standard InChI is InChI=1S/C20H29N3O2/c1-22(2)20(25)16-7-9-18(10-8-16)21-19(24)14-23-12-11-15-5-3-4-6-17(15)13-23/h7-10,15,17H,3-6,11-14H2,1-2H3,(H,21,24)/p+1/t15-,17-/m1/s1. The van der Waals surface area contributed by atoms with Crippen molar-refractivity contribution in [3.63, 3.8) is 0 Å². The van der Waals surface area contributed by atoms with Crippen LogP contribution in [0.2, 0.25) is 0 Å². The number of hydrogen-bond donors (Lipinski definition) is 2. The van der Waals surface area contributed by atoms with Gasteiger partial charge in [0.15, 0.2) is 6.54 Å². The highest BCUT2D eigenvalue weighted by atomic mass is 16.2. The molecule has 0 spiro atoms. The molecule has 3 atom stereocenters. The Balaban J connectivity index is 1.50. The molecule has 1 aliphatic heterocycles. The van der Waals surface area contributed by atoms with E-state index in [4.69, 9.17) is 0 Å². The molecular formula is C20H30N3O2+. The third-order valence-corrected chi connectivity index (χ3v) is 5.72. The molecule has 0 aromatic heterocycles. The summed E-state index contributed by atoms with van der Waals surface area (Å²) in [6.45, 7) is 2.81. The van der Waals surface area contributed by atoms with Gasteiger partial charge >= 0.3 is 0 Å². The predicted molar refractivity (Wildman–Crippen MR) is 98.7 cm³/mol. The van der Waals surface area contributed by atoms with Crippen LogP contribution in [0.1, 0.15) is 42.5 Å². The van der Waals surface area contributed by atoms with Gasteiger partial charge in [0.1, 0.15) is 0 Å². The van der Waals surface area contributed by atoms with Gasteiger partial charge in [0.25, 0.3) is 11.8 Å². The van der Waals surface area contributed by atoms with Gasteiger partial charge in [0, 0.05) is 31.3 Å². The first-order valence-electron chi connectivity index (χ1n) is 9.48. The molecule has 1 aliphatic carbocycles. The minimum Gasteiger partial charge on any atom is -0.345 e. The lowest BCUT2D eigenvalue weighted by atomic mass is 9.75. The number of piperidine rings is 1. The van der Waals surface area contributed by atoms with Gasteiger partial charge in [-0.3, -0.25) is 9.59 Å². The second-order valence-corrected chi connectivity index (χ2v) is 7.80. The second kappa shape index (κ2) is 8.00. The molecule has 1 heterocycles. The molecule has 2 N–H and O–H groups in total. The first-order chi connectivity index (χ1) is 12.0. The molecule has 1 saturated carbocycles. The first kappa shape index (κ1) is 17.9. The Labute approximate surface area is 150 Å². The lowest BCUT2D eigenvalue weighted by Gasteiger charge is -2.38. The number of benzene rings is 1. The summed E-state index contributed by atoms with van der Waals surface area (Å²) in [5, 5.41) is 2.97. The zero-order chi connectivity index (χ0) is 17.8. The molecule has 0 bridgehead atoms. The maximum absolute atomic E-state index is 12.4. The number of nitrogens with one attached hydrogen (secondary N) is 2. The van der Waals surface area contributed by atoms with Crippen LogP contribution in [0, 0.1) is 11.8 Å². The summed E-state index contributed by atoms with van der Waals surface area (Å²) in [7, 11) is 3.46. The third-order valence-electron chi connectivity index (χ3n) is 5.72. The van der Waals surface area contributed by atoms with Crippen molar-refractivity contribution in [2.75, 3.05) is 39.0 Å². The molecule has 2 fully saturated rings. The highest BCUT2D eigenvalue weighted by molar-refractivity contribution is 5.95. The van der Waals surface area contributed by atoms with Crippen molar-refractivity contribution in [3.8, 4) is 0 Å². The molecule has 136 valence electrons. The number of amides is 2. The van der Waals surface area contributed by atoms with Gasteiger partial charge in [-0.25, -0.2) is 0 Å². The zero-order valence-corrected chi connectivity index (χ0v) is 15.4. The molecule has 1 aromatic carbocycles. The quantitative estimate of drug-likeness (QED) is 0.868. The van der Waals surface area contributed by atoms with E-state index in [1.54, 1.807) is 43.3 Å². The lowest BCUT2D eigenvalue weighted by molar-refractivity contribution is -0.902. The van der Waals surface area contributed by atoms with Gasteiger partial charge in [-0.2, -0.15) is 0 Å². The first-order valence-corrected chi connectivity index (χ1v) is 9.48. The summed E-state index contributed by atoms with van der Waals surface area (Å²) in [6.07, 6.45) is 6.76. The normalized spacial score (nSPS) is 25.8. The van der Waals surface area contributed by atoms with Crippen LogP contribution in [0.4, 0.5) is 5.69 Å². The van der Waals surface area contributed by atoms with Crippen molar-refractivity contribution < 1.29 is 14.5 Å². The van der Waals surface area contributed by atoms with E-state index in [2.05, 4.69) is 5.32 Å². The molecule has 2 aliphatic rings. The minimum absolute atomic E-state index is 0.0299. The minimum atomic E-state index is -0.0299. The number of rotatable bonds is 4. The van der Waals surface area contributed by atoms with Crippen LogP contribution in [0.3, 0.4) is 0 Å². The van der Waals surface area contributed by atoms with Crippen molar-refractivity contribution in [3.05, 3.63) is 29.8 Å². The third kappa shape index (κ3) is 4.60. The van der Waals surface area contributed by atoms with Gasteiger partial charge in [0.2, 0.25) is 0 Å². The Morgan fingerprint density at radius 3 is 2.44 bits per heavy atom. The molecule has 0 radical (unpaired) electrons. The zero-order valence-electron chi connectivity index (χ0n) is 15.4. The van der Waals surface area contributed by atoms with Crippen LogP contribution < -0.4 is 10.2 Å². The monoisotopic (exact) mass is 344 g/mol. The Morgan fingerprint density at radius 1 is 1.08 bits per heavy atom. The number of carbonyl (C=O) groups is 2. The van der Waals surface area contributed by atoms with E-state index in [9.17, 15) is 9.59 Å². The van der Waals surface area contributed by atoms with E-state index in [0.717, 1.165) is 30.6 Å². The van der Waals surface area contributed by atoms with Crippen LogP contribution >= 0.6 is 0 Å². The molecule has 1 saturated heterocycles. The summed E-state index contributed by atoms with van der Waals surface area (Å²) in [5.74, 6) is 1.76. The number of carbonyl (C=O) groups excluding carboxylic acids is 2. The van der Waals surface area contributed by atoms with Crippen molar-refractivity contribution >= 4 is 17.5 Å². The summed E-state index contributed by atoms with van der Waals surface area (Å²) >= 11 is 0. The summed E-state index contributed by atoms with van der Waals surface area (Å²) < 4.78 is 0. The molecule has 1 aromatic rings. The SMILES string of the molecule is CN(C)C(=O)c1ccc(NC(=O)C[NH+]2CC[C@H]3CCCC[C@@H]3C2)cc1. The summed E-state index contributed by atoms with van der Waals surface area (Å²) in [6, 6.07) is 7.13. The summed E-state index contributed by atoms with van der Waals surface area (Å²) in [5.41, 5.74) is 1.39. The number of anilines is 1. The van der Waals surface area contributed by atoms with E-state index >= 15 is 0 Å². The smallest absolute Gasteiger partial charge is 0.279 e. The van der Waals surface area contributed by atoms with Gasteiger partial charge in [0.05, 0.1) is 13.1 Å². The number of likely N-dealkylation sites (tertiary alicyclic amines) is 1. The fourth-order valence-electron chi connectivity index (χ4n) is 4.34. The maximum atomic E-state index is 12.4. The van der Waals surface area contributed by atoms with E-state index < -0.39 is 0 Å². The topological polar surface area (TPSA) is 53.9 Å². The maximum Gasteiger partial charge on any atom is 0.279 e. The van der Waals surface area contributed by atoms with Crippen molar-refractivity contribution in [2.24, 2.45) is 11.8 Å². The fraction of sp³-hybridized carbons (Fsp3) is 0.600. The number of fused-ring (bicyclic) bond motifs is 1. The largest absolute Gasteiger partial charge is 0.345 e. The van der Waals surface area contributed by atoms with E-state index in [1.807, 2.05) is 0 Å². The van der Waals surface area contributed by atoms with Crippen molar-refractivity contribution in [1.82, 2.24) is 4.90 Å². The Hall–Kier alpha value is -1.88. The van der Waals surface area contributed by atoms with Crippen molar-refractivity contribution in [2.45, 2.75) is 32.1 Å². The Bertz CT molecular complexity index is 612. The molecular weight excluding hydrogens is 314 g/mol. The number of hydrogen-bond acceptors (Lipinski definition) is 2. The van der Waals surface area contributed by atoms with E-state index in [-0.39, 0.29) is 11.8 Å². The van der Waals surface area contributed by atoms with E-state index in [0.29, 0.717) is 12.1 Å². The molecule has 5 heteroatoms. The lowest BCUT2D eigenvalue weighted by Crippen LogP contribution is -3.15. The highest BCUT2D eigenvalue weighted by Crippen LogP contribution is 2.32. The molecule has 2 amide bonds. The van der Waals surface area contributed by atoms with Crippen LogP contribution in [-0.2, 0) is 4.79 Å². The second-order valence-electron chi connectivity index (χ2n) is 7.80. The van der Waals surface area contributed by atoms with Gasteiger partial charge in [-0.05, 0) is 49.4 Å². The Kier molecular flexibility index (Phi) is 5.74. The van der Waals surface area contributed by atoms with E-state index in [1.165, 1.54) is 37.0 Å². The molecule has 3 rings (SSSR count). The highest BCUT2D eigenvalue weighted by Gasteiger charge is 2.34.